The van der Waals surface area contributed by atoms with E-state index in [4.69, 9.17) is 5.11 Å². The minimum absolute atomic E-state index is 0.257. The molecule has 94 valence electrons. The highest BCUT2D eigenvalue weighted by atomic mass is 16.2. The molecule has 16 heavy (non-hydrogen) atoms. The van der Waals surface area contributed by atoms with Crippen molar-refractivity contribution < 1.29 is 9.90 Å². The predicted octanol–water partition coefficient (Wildman–Crippen LogP) is 2.09. The van der Waals surface area contributed by atoms with Crippen LogP contribution < -0.4 is 5.32 Å². The van der Waals surface area contributed by atoms with Gasteiger partial charge in [-0.3, -0.25) is 4.79 Å². The standard InChI is InChI=1S/C13H25NO2/c1-11-7-6-8-12(11)13(16)14-9-4-2-3-5-10-15/h11-12,15H,2-10H2,1H3,(H,14,16). The minimum Gasteiger partial charge on any atom is -0.396 e. The topological polar surface area (TPSA) is 49.3 Å². The summed E-state index contributed by atoms with van der Waals surface area (Å²) in [5.41, 5.74) is 0. The Morgan fingerprint density at radius 1 is 1.25 bits per heavy atom. The molecule has 1 saturated carbocycles. The summed E-state index contributed by atoms with van der Waals surface area (Å²) in [6, 6.07) is 0. The lowest BCUT2D eigenvalue weighted by Crippen LogP contribution is -2.32. The predicted molar refractivity (Wildman–Crippen MR) is 65.1 cm³/mol. The van der Waals surface area contributed by atoms with Crippen LogP contribution in [0.1, 0.15) is 51.9 Å². The van der Waals surface area contributed by atoms with Gasteiger partial charge in [0.15, 0.2) is 0 Å². The molecule has 2 N–H and O–H groups in total. The molecule has 0 aliphatic heterocycles. The maximum atomic E-state index is 11.8. The molecule has 0 aromatic heterocycles. The van der Waals surface area contributed by atoms with Crippen LogP contribution in [0.25, 0.3) is 0 Å². The van der Waals surface area contributed by atoms with Gasteiger partial charge in [0.05, 0.1) is 0 Å². The lowest BCUT2D eigenvalue weighted by molar-refractivity contribution is -0.125. The molecule has 0 bridgehead atoms. The summed E-state index contributed by atoms with van der Waals surface area (Å²) in [6.45, 7) is 3.26. The third kappa shape index (κ3) is 4.52. The molecule has 3 heteroatoms. The molecule has 0 saturated heterocycles. The van der Waals surface area contributed by atoms with Gasteiger partial charge in [-0.1, -0.05) is 26.2 Å². The Bertz CT molecular complexity index is 206. The first-order valence-electron chi connectivity index (χ1n) is 6.64. The zero-order valence-electron chi connectivity index (χ0n) is 10.4. The van der Waals surface area contributed by atoms with Crippen LogP contribution in [-0.2, 0) is 4.79 Å². The lowest BCUT2D eigenvalue weighted by atomic mass is 9.97. The van der Waals surface area contributed by atoms with Crippen molar-refractivity contribution in [3.63, 3.8) is 0 Å². The van der Waals surface area contributed by atoms with E-state index in [1.807, 2.05) is 0 Å². The Balaban J connectivity index is 2.02. The second-order valence-corrected chi connectivity index (χ2v) is 4.94. The van der Waals surface area contributed by atoms with Crippen molar-refractivity contribution in [2.75, 3.05) is 13.2 Å². The van der Waals surface area contributed by atoms with Crippen LogP contribution in [0.15, 0.2) is 0 Å². The summed E-state index contributed by atoms with van der Waals surface area (Å²) in [4.78, 5) is 11.8. The first-order valence-corrected chi connectivity index (χ1v) is 6.64. The van der Waals surface area contributed by atoms with Crippen molar-refractivity contribution in [2.45, 2.75) is 51.9 Å². The van der Waals surface area contributed by atoms with Crippen LogP contribution in [0.4, 0.5) is 0 Å². The molecular weight excluding hydrogens is 202 g/mol. The molecule has 0 radical (unpaired) electrons. The Morgan fingerprint density at radius 2 is 2.00 bits per heavy atom. The number of aliphatic hydroxyl groups is 1. The van der Waals surface area contributed by atoms with Crippen molar-refractivity contribution >= 4 is 5.91 Å². The molecule has 0 aromatic carbocycles. The normalized spacial score (nSPS) is 24.6. The first-order chi connectivity index (χ1) is 7.75. The van der Waals surface area contributed by atoms with Gasteiger partial charge in [0.25, 0.3) is 0 Å². The van der Waals surface area contributed by atoms with E-state index in [0.717, 1.165) is 38.6 Å². The lowest BCUT2D eigenvalue weighted by Gasteiger charge is -2.14. The number of carbonyl (C=O) groups is 1. The van der Waals surface area contributed by atoms with Gasteiger partial charge in [0.1, 0.15) is 0 Å². The largest absolute Gasteiger partial charge is 0.396 e. The molecule has 2 atom stereocenters. The molecule has 2 unspecified atom stereocenters. The van der Waals surface area contributed by atoms with Gasteiger partial charge in [-0.15, -0.1) is 0 Å². The number of aliphatic hydroxyl groups excluding tert-OH is 1. The van der Waals surface area contributed by atoms with Gasteiger partial charge >= 0.3 is 0 Å². The molecule has 1 amide bonds. The van der Waals surface area contributed by atoms with Gasteiger partial charge < -0.3 is 10.4 Å². The monoisotopic (exact) mass is 227 g/mol. The van der Waals surface area contributed by atoms with Crippen LogP contribution in [0.5, 0.6) is 0 Å². The molecule has 0 heterocycles. The van der Waals surface area contributed by atoms with E-state index < -0.39 is 0 Å². The second-order valence-electron chi connectivity index (χ2n) is 4.94. The fourth-order valence-electron chi connectivity index (χ4n) is 2.47. The summed E-state index contributed by atoms with van der Waals surface area (Å²) in [7, 11) is 0. The number of amides is 1. The Kier molecular flexibility index (Phi) is 6.46. The summed E-state index contributed by atoms with van der Waals surface area (Å²) in [6.07, 6.45) is 7.55. The van der Waals surface area contributed by atoms with Crippen LogP contribution in [-0.4, -0.2) is 24.2 Å². The van der Waals surface area contributed by atoms with Gasteiger partial charge in [0.2, 0.25) is 5.91 Å². The van der Waals surface area contributed by atoms with Crippen molar-refractivity contribution in [3.05, 3.63) is 0 Å². The zero-order valence-corrected chi connectivity index (χ0v) is 10.4. The Labute approximate surface area is 98.6 Å². The van der Waals surface area contributed by atoms with E-state index in [2.05, 4.69) is 12.2 Å². The van der Waals surface area contributed by atoms with E-state index in [9.17, 15) is 4.79 Å². The Hall–Kier alpha value is -0.570. The number of rotatable bonds is 7. The maximum absolute atomic E-state index is 11.8. The molecule has 0 spiro atoms. The summed E-state index contributed by atoms with van der Waals surface area (Å²) < 4.78 is 0. The van der Waals surface area contributed by atoms with E-state index in [1.54, 1.807) is 0 Å². The first kappa shape index (κ1) is 13.5. The highest BCUT2D eigenvalue weighted by molar-refractivity contribution is 5.79. The fraction of sp³-hybridized carbons (Fsp3) is 0.923. The van der Waals surface area contributed by atoms with Gasteiger partial charge in [-0.2, -0.15) is 0 Å². The van der Waals surface area contributed by atoms with Crippen LogP contribution in [0, 0.1) is 11.8 Å². The highest BCUT2D eigenvalue weighted by Crippen LogP contribution is 2.31. The van der Waals surface area contributed by atoms with Crippen LogP contribution in [0.2, 0.25) is 0 Å². The molecule has 1 aliphatic rings. The number of nitrogens with one attached hydrogen (secondary N) is 1. The summed E-state index contributed by atoms with van der Waals surface area (Å²) in [5.74, 6) is 1.08. The molecule has 1 rings (SSSR count). The summed E-state index contributed by atoms with van der Waals surface area (Å²) in [5, 5.41) is 11.6. The van der Waals surface area contributed by atoms with Crippen LogP contribution >= 0.6 is 0 Å². The van der Waals surface area contributed by atoms with Gasteiger partial charge in [-0.25, -0.2) is 0 Å². The van der Waals surface area contributed by atoms with Crippen LogP contribution in [0.3, 0.4) is 0 Å². The molecule has 0 aromatic rings. The maximum Gasteiger partial charge on any atom is 0.223 e. The average Bonchev–Trinajstić information content (AvgIpc) is 2.69. The SMILES string of the molecule is CC1CCCC1C(=O)NCCCCCCO. The van der Waals surface area contributed by atoms with Gasteiger partial charge in [-0.05, 0) is 31.6 Å². The van der Waals surface area contributed by atoms with E-state index in [0.29, 0.717) is 5.92 Å². The van der Waals surface area contributed by atoms with Crippen molar-refractivity contribution in [1.29, 1.82) is 0 Å². The van der Waals surface area contributed by atoms with Crippen molar-refractivity contribution in [1.82, 2.24) is 5.32 Å². The number of carbonyl (C=O) groups excluding carboxylic acids is 1. The molecule has 1 aliphatic carbocycles. The summed E-state index contributed by atoms with van der Waals surface area (Å²) >= 11 is 0. The highest BCUT2D eigenvalue weighted by Gasteiger charge is 2.29. The van der Waals surface area contributed by atoms with Gasteiger partial charge in [0, 0.05) is 19.1 Å². The smallest absolute Gasteiger partial charge is 0.223 e. The molecule has 3 nitrogen and oxygen atoms in total. The Morgan fingerprint density at radius 3 is 2.62 bits per heavy atom. The van der Waals surface area contributed by atoms with Crippen molar-refractivity contribution in [2.24, 2.45) is 11.8 Å². The zero-order chi connectivity index (χ0) is 11.8. The average molecular weight is 227 g/mol. The van der Waals surface area contributed by atoms with Crippen molar-refractivity contribution in [3.8, 4) is 0 Å². The third-order valence-electron chi connectivity index (χ3n) is 3.58. The van der Waals surface area contributed by atoms with E-state index in [1.165, 1.54) is 12.8 Å². The molecular formula is C13H25NO2. The molecule has 1 fully saturated rings. The fourth-order valence-corrected chi connectivity index (χ4v) is 2.47. The number of unbranched alkanes of at least 4 members (excludes halogenated alkanes) is 3. The third-order valence-corrected chi connectivity index (χ3v) is 3.58. The second kappa shape index (κ2) is 7.66. The van der Waals surface area contributed by atoms with E-state index >= 15 is 0 Å². The number of hydrogen-bond donors (Lipinski definition) is 2. The minimum atomic E-state index is 0.257. The quantitative estimate of drug-likeness (QED) is 0.654. The van der Waals surface area contributed by atoms with E-state index in [-0.39, 0.29) is 18.4 Å². The number of hydrogen-bond acceptors (Lipinski definition) is 2.